The van der Waals surface area contributed by atoms with Gasteiger partial charge in [0, 0.05) is 5.39 Å². The topological polar surface area (TPSA) is 84.2 Å². The van der Waals surface area contributed by atoms with Crippen LogP contribution in [0.3, 0.4) is 0 Å². The molecule has 0 aliphatic rings. The molecule has 44 heavy (non-hydrogen) atoms. The Morgan fingerprint density at radius 1 is 0.477 bits per heavy atom. The summed E-state index contributed by atoms with van der Waals surface area (Å²) in [5.41, 5.74) is 3.46. The van der Waals surface area contributed by atoms with E-state index in [2.05, 4.69) is 24.3 Å². The van der Waals surface area contributed by atoms with Gasteiger partial charge >= 0.3 is 0 Å². The van der Waals surface area contributed by atoms with Crippen LogP contribution >= 0.6 is 0 Å². The molecule has 0 aliphatic carbocycles. The second-order valence-electron chi connectivity index (χ2n) is 11.0. The highest BCUT2D eigenvalue weighted by atomic mass is 16.3. The first-order chi connectivity index (χ1) is 21.6. The second kappa shape index (κ2) is 8.87. The van der Waals surface area contributed by atoms with Crippen LogP contribution in [0.2, 0.25) is 0 Å². The molecule has 0 atom stereocenters. The monoisotopic (exact) mass is 565 g/mol. The second-order valence-corrected chi connectivity index (χ2v) is 11.0. The van der Waals surface area contributed by atoms with E-state index in [4.69, 9.17) is 8.83 Å². The van der Waals surface area contributed by atoms with Crippen molar-refractivity contribution >= 4 is 76.2 Å². The number of fused-ring (bicyclic) bond motifs is 10. The van der Waals surface area contributed by atoms with Gasteiger partial charge in [-0.3, -0.25) is 9.59 Å². The number of rotatable bonds is 1. The van der Waals surface area contributed by atoms with Crippen molar-refractivity contribution in [3.05, 3.63) is 141 Å². The lowest BCUT2D eigenvalue weighted by molar-refractivity contribution is 0.649. The molecule has 0 amide bonds. The van der Waals surface area contributed by atoms with Crippen LogP contribution in [0.5, 0.6) is 0 Å². The SMILES string of the molecule is N#Cc1cc2c3ccccc3c(-c3ccc4c(=O)c5ccc6oc7ccccc7c(=O)c6c5oc4c3)cc2c2ccccc12. The molecule has 0 fully saturated rings. The van der Waals surface area contributed by atoms with E-state index in [0.29, 0.717) is 38.5 Å². The summed E-state index contributed by atoms with van der Waals surface area (Å²) < 4.78 is 12.5. The summed E-state index contributed by atoms with van der Waals surface area (Å²) >= 11 is 0. The smallest absolute Gasteiger partial charge is 0.204 e. The van der Waals surface area contributed by atoms with Crippen LogP contribution in [0.4, 0.5) is 0 Å². The Hall–Kier alpha value is -6.25. The molecule has 2 heterocycles. The fraction of sp³-hybridized carbons (Fsp3) is 0. The first-order valence-corrected chi connectivity index (χ1v) is 14.2. The number of hydrogen-bond acceptors (Lipinski definition) is 5. The Kier molecular flexibility index (Phi) is 4.91. The molecule has 0 spiro atoms. The summed E-state index contributed by atoms with van der Waals surface area (Å²) in [5, 5.41) is 17.3. The Morgan fingerprint density at radius 3 is 1.91 bits per heavy atom. The third kappa shape index (κ3) is 3.28. The Morgan fingerprint density at radius 2 is 1.11 bits per heavy atom. The van der Waals surface area contributed by atoms with Crippen molar-refractivity contribution in [1.82, 2.24) is 0 Å². The minimum Gasteiger partial charge on any atom is -0.456 e. The zero-order chi connectivity index (χ0) is 29.5. The maximum absolute atomic E-state index is 13.7. The molecule has 5 nitrogen and oxygen atoms in total. The lowest BCUT2D eigenvalue weighted by Crippen LogP contribution is -2.07. The highest BCUT2D eigenvalue weighted by molar-refractivity contribution is 6.22. The van der Waals surface area contributed by atoms with Crippen molar-refractivity contribution in [2.45, 2.75) is 0 Å². The number of hydrogen-bond donors (Lipinski definition) is 0. The molecule has 0 radical (unpaired) electrons. The van der Waals surface area contributed by atoms with Crippen molar-refractivity contribution < 1.29 is 8.83 Å². The Labute approximate surface area is 248 Å². The van der Waals surface area contributed by atoms with Crippen LogP contribution in [0.25, 0.3) is 87.3 Å². The molecule has 0 saturated carbocycles. The summed E-state index contributed by atoms with van der Waals surface area (Å²) in [6.07, 6.45) is 0. The van der Waals surface area contributed by atoms with E-state index in [-0.39, 0.29) is 21.8 Å². The minimum absolute atomic E-state index is 0.208. The molecule has 9 rings (SSSR count). The molecule has 0 N–H and O–H groups in total. The zero-order valence-corrected chi connectivity index (χ0v) is 23.0. The van der Waals surface area contributed by atoms with E-state index in [0.717, 1.165) is 43.4 Å². The van der Waals surface area contributed by atoms with Gasteiger partial charge in [-0.25, -0.2) is 0 Å². The lowest BCUT2D eigenvalue weighted by atomic mass is 9.89. The highest BCUT2D eigenvalue weighted by Gasteiger charge is 2.18. The van der Waals surface area contributed by atoms with E-state index < -0.39 is 0 Å². The van der Waals surface area contributed by atoms with E-state index in [1.165, 1.54) is 0 Å². The minimum atomic E-state index is -0.241. The van der Waals surface area contributed by atoms with Gasteiger partial charge in [0.1, 0.15) is 22.1 Å². The molecule has 0 saturated heterocycles. The summed E-state index contributed by atoms with van der Waals surface area (Å²) in [6.45, 7) is 0. The molecule has 0 aliphatic heterocycles. The van der Waals surface area contributed by atoms with Crippen LogP contribution in [-0.2, 0) is 0 Å². The molecule has 7 aromatic carbocycles. The van der Waals surface area contributed by atoms with Crippen LogP contribution in [-0.4, -0.2) is 0 Å². The molecule has 5 heteroatoms. The predicted molar refractivity (Wildman–Crippen MR) is 176 cm³/mol. The fourth-order valence-corrected chi connectivity index (χ4v) is 6.65. The quantitative estimate of drug-likeness (QED) is 0.146. The molecule has 0 bridgehead atoms. The fourth-order valence-electron chi connectivity index (χ4n) is 6.65. The number of benzene rings is 7. The van der Waals surface area contributed by atoms with E-state index in [1.54, 1.807) is 36.4 Å². The summed E-state index contributed by atoms with van der Waals surface area (Å²) in [5.74, 6) is 0. The van der Waals surface area contributed by atoms with Gasteiger partial charge in [0.2, 0.25) is 10.9 Å². The van der Waals surface area contributed by atoms with Crippen LogP contribution < -0.4 is 10.9 Å². The predicted octanol–water partition coefficient (Wildman–Crippen LogP) is 9.20. The van der Waals surface area contributed by atoms with Gasteiger partial charge in [-0.05, 0) is 86.6 Å². The highest BCUT2D eigenvalue weighted by Crippen LogP contribution is 2.40. The van der Waals surface area contributed by atoms with Crippen molar-refractivity contribution in [1.29, 1.82) is 5.26 Å². The maximum atomic E-state index is 13.7. The zero-order valence-electron chi connectivity index (χ0n) is 23.0. The van der Waals surface area contributed by atoms with Crippen LogP contribution in [0.1, 0.15) is 5.56 Å². The number of nitrogens with zero attached hydrogens (tertiary/aromatic N) is 1. The first-order valence-electron chi connectivity index (χ1n) is 14.2. The van der Waals surface area contributed by atoms with Crippen LogP contribution in [0, 0.1) is 11.3 Å². The Balaban J connectivity index is 1.38. The van der Waals surface area contributed by atoms with Gasteiger partial charge in [0.25, 0.3) is 0 Å². The average molecular weight is 566 g/mol. The van der Waals surface area contributed by atoms with Crippen molar-refractivity contribution in [3.8, 4) is 17.2 Å². The maximum Gasteiger partial charge on any atom is 0.204 e. The largest absolute Gasteiger partial charge is 0.456 e. The van der Waals surface area contributed by atoms with E-state index >= 15 is 0 Å². The molecule has 204 valence electrons. The van der Waals surface area contributed by atoms with Gasteiger partial charge in [-0.1, -0.05) is 66.7 Å². The average Bonchev–Trinajstić information content (AvgIpc) is 3.07. The van der Waals surface area contributed by atoms with Gasteiger partial charge in [-0.15, -0.1) is 0 Å². The number of nitriles is 1. The van der Waals surface area contributed by atoms with E-state index in [9.17, 15) is 14.9 Å². The molecule has 0 unspecified atom stereocenters. The van der Waals surface area contributed by atoms with Crippen molar-refractivity contribution in [2.24, 2.45) is 0 Å². The summed E-state index contributed by atoms with van der Waals surface area (Å²) in [4.78, 5) is 27.3. The molecule has 9 aromatic rings. The van der Waals surface area contributed by atoms with Crippen molar-refractivity contribution in [3.63, 3.8) is 0 Å². The summed E-state index contributed by atoms with van der Waals surface area (Å²) in [7, 11) is 0. The third-order valence-corrected chi connectivity index (χ3v) is 8.69. The van der Waals surface area contributed by atoms with Gasteiger partial charge in [0.15, 0.2) is 5.58 Å². The first kappa shape index (κ1) is 24.4. The molecule has 2 aromatic heterocycles. The normalized spacial score (nSPS) is 11.8. The lowest BCUT2D eigenvalue weighted by Gasteiger charge is -2.14. The van der Waals surface area contributed by atoms with Crippen molar-refractivity contribution in [2.75, 3.05) is 0 Å². The molecular formula is C39H19NO4. The van der Waals surface area contributed by atoms with Gasteiger partial charge in [-0.2, -0.15) is 5.26 Å². The van der Waals surface area contributed by atoms with Crippen LogP contribution in [0.15, 0.2) is 134 Å². The standard InChI is InChI=1S/C39H19NO4/c40-20-22-17-31-26-10-4-3-9-25(26)30(19-32(31)24-8-2-1-7-23(22)24)21-13-14-28-35(18-21)44-39-29(37(28)41)15-16-34-36(39)38(42)27-11-5-6-12-33(27)43-34/h1-19H. The molecular weight excluding hydrogens is 546 g/mol. The Bertz CT molecular complexity index is 2890. The number of para-hydroxylation sites is 1. The summed E-state index contributed by atoms with van der Waals surface area (Å²) in [6, 6.07) is 38.5. The van der Waals surface area contributed by atoms with E-state index in [1.807, 2.05) is 60.7 Å². The third-order valence-electron chi connectivity index (χ3n) is 8.69. The van der Waals surface area contributed by atoms with Gasteiger partial charge in [0.05, 0.1) is 27.8 Å². The van der Waals surface area contributed by atoms with Gasteiger partial charge < -0.3 is 8.83 Å².